The SMILES string of the molecule is Cc1[nH]nc2ncc(NC(=O)c3cc(=O)[nH]c4cc(F)ccc34)cc12. The Kier molecular flexibility index (Phi) is 3.31. The van der Waals surface area contributed by atoms with Crippen molar-refractivity contribution in [1.29, 1.82) is 0 Å². The molecule has 3 N–H and O–H groups in total. The predicted molar refractivity (Wildman–Crippen MR) is 91.1 cm³/mol. The number of pyridine rings is 2. The van der Waals surface area contributed by atoms with Crippen LogP contribution in [0.2, 0.25) is 0 Å². The van der Waals surface area contributed by atoms with Gasteiger partial charge >= 0.3 is 0 Å². The Labute approximate surface area is 139 Å². The number of benzene rings is 1. The van der Waals surface area contributed by atoms with Crippen LogP contribution in [0.5, 0.6) is 0 Å². The molecule has 25 heavy (non-hydrogen) atoms. The smallest absolute Gasteiger partial charge is 0.256 e. The van der Waals surface area contributed by atoms with Gasteiger partial charge < -0.3 is 10.3 Å². The topological polar surface area (TPSA) is 104 Å². The van der Waals surface area contributed by atoms with Crippen molar-refractivity contribution in [1.82, 2.24) is 20.2 Å². The van der Waals surface area contributed by atoms with E-state index in [0.717, 1.165) is 11.1 Å². The number of aromatic nitrogens is 4. The van der Waals surface area contributed by atoms with Gasteiger partial charge in [0.1, 0.15) is 5.82 Å². The lowest BCUT2D eigenvalue weighted by Crippen LogP contribution is -2.17. The minimum Gasteiger partial charge on any atom is -0.322 e. The molecule has 0 saturated carbocycles. The van der Waals surface area contributed by atoms with Gasteiger partial charge in [0.15, 0.2) is 5.65 Å². The van der Waals surface area contributed by atoms with Crippen LogP contribution in [0.1, 0.15) is 16.1 Å². The van der Waals surface area contributed by atoms with Gasteiger partial charge in [-0.05, 0) is 31.2 Å². The van der Waals surface area contributed by atoms with Gasteiger partial charge in [0, 0.05) is 22.5 Å². The molecule has 1 aromatic carbocycles. The second-order valence-electron chi connectivity index (χ2n) is 5.64. The van der Waals surface area contributed by atoms with E-state index in [2.05, 4.69) is 25.5 Å². The van der Waals surface area contributed by atoms with Gasteiger partial charge in [-0.1, -0.05) is 0 Å². The Morgan fingerprint density at radius 1 is 1.20 bits per heavy atom. The molecule has 4 rings (SSSR count). The fourth-order valence-electron chi connectivity index (χ4n) is 2.71. The third-order valence-electron chi connectivity index (χ3n) is 3.91. The molecular weight excluding hydrogens is 325 g/mol. The monoisotopic (exact) mass is 337 g/mol. The fraction of sp³-hybridized carbons (Fsp3) is 0.0588. The van der Waals surface area contributed by atoms with Crippen molar-refractivity contribution in [2.45, 2.75) is 6.92 Å². The van der Waals surface area contributed by atoms with Crippen LogP contribution >= 0.6 is 0 Å². The molecule has 0 unspecified atom stereocenters. The highest BCUT2D eigenvalue weighted by Gasteiger charge is 2.14. The molecule has 4 aromatic rings. The summed E-state index contributed by atoms with van der Waals surface area (Å²) < 4.78 is 13.4. The van der Waals surface area contributed by atoms with E-state index >= 15 is 0 Å². The normalized spacial score (nSPS) is 11.1. The van der Waals surface area contributed by atoms with E-state index < -0.39 is 17.3 Å². The fourth-order valence-corrected chi connectivity index (χ4v) is 2.71. The number of aryl methyl sites for hydroxylation is 1. The highest BCUT2D eigenvalue weighted by Crippen LogP contribution is 2.20. The lowest BCUT2D eigenvalue weighted by molar-refractivity contribution is 0.102. The average Bonchev–Trinajstić information content (AvgIpc) is 2.94. The van der Waals surface area contributed by atoms with Crippen LogP contribution in [0.25, 0.3) is 21.9 Å². The highest BCUT2D eigenvalue weighted by molar-refractivity contribution is 6.12. The number of aromatic amines is 2. The number of nitrogens with zero attached hydrogens (tertiary/aromatic N) is 2. The zero-order valence-corrected chi connectivity index (χ0v) is 13.1. The van der Waals surface area contributed by atoms with Crippen molar-refractivity contribution in [2.24, 2.45) is 0 Å². The standard InChI is InChI=1S/C17H12FN5O2/c1-8-12-5-10(7-19-16(12)23-22-8)20-17(25)13-6-15(24)21-14-4-9(18)2-3-11(13)14/h2-7H,1H3,(H,20,25)(H,21,24)(H,19,22,23). The summed E-state index contributed by atoms with van der Waals surface area (Å²) in [5.74, 6) is -0.976. The van der Waals surface area contributed by atoms with Crippen molar-refractivity contribution >= 4 is 33.5 Å². The molecule has 3 aromatic heterocycles. The zero-order chi connectivity index (χ0) is 17.6. The first-order valence-electron chi connectivity index (χ1n) is 7.46. The second kappa shape index (κ2) is 5.52. The zero-order valence-electron chi connectivity index (χ0n) is 13.1. The van der Waals surface area contributed by atoms with Crippen LogP contribution in [-0.2, 0) is 0 Å². The number of nitrogens with one attached hydrogen (secondary N) is 3. The van der Waals surface area contributed by atoms with Crippen LogP contribution in [0.4, 0.5) is 10.1 Å². The van der Waals surface area contributed by atoms with Crippen LogP contribution in [0.15, 0.2) is 41.3 Å². The van der Waals surface area contributed by atoms with Gasteiger partial charge in [0.25, 0.3) is 5.91 Å². The van der Waals surface area contributed by atoms with E-state index in [1.807, 2.05) is 6.92 Å². The van der Waals surface area contributed by atoms with Gasteiger partial charge in [0.2, 0.25) is 5.56 Å². The maximum absolute atomic E-state index is 13.4. The number of rotatable bonds is 2. The number of hydrogen-bond donors (Lipinski definition) is 3. The second-order valence-corrected chi connectivity index (χ2v) is 5.64. The number of fused-ring (bicyclic) bond motifs is 2. The van der Waals surface area contributed by atoms with Crippen molar-refractivity contribution in [3.63, 3.8) is 0 Å². The first-order valence-corrected chi connectivity index (χ1v) is 7.46. The molecule has 0 spiro atoms. The molecule has 0 atom stereocenters. The Morgan fingerprint density at radius 2 is 2.04 bits per heavy atom. The quantitative estimate of drug-likeness (QED) is 0.523. The number of H-pyrrole nitrogens is 2. The molecule has 0 saturated heterocycles. The third kappa shape index (κ3) is 2.63. The average molecular weight is 337 g/mol. The van der Waals surface area contributed by atoms with Gasteiger partial charge in [0.05, 0.1) is 23.0 Å². The number of carbonyl (C=O) groups is 1. The van der Waals surface area contributed by atoms with Crippen molar-refractivity contribution in [3.05, 3.63) is 64.0 Å². The summed E-state index contributed by atoms with van der Waals surface area (Å²) in [6.07, 6.45) is 1.48. The van der Waals surface area contributed by atoms with E-state index in [-0.39, 0.29) is 11.1 Å². The van der Waals surface area contributed by atoms with Crippen LogP contribution < -0.4 is 10.9 Å². The molecule has 7 nitrogen and oxygen atoms in total. The van der Waals surface area contributed by atoms with Gasteiger partial charge in [-0.3, -0.25) is 14.7 Å². The summed E-state index contributed by atoms with van der Waals surface area (Å²) in [6, 6.07) is 6.80. The van der Waals surface area contributed by atoms with Gasteiger partial charge in [-0.2, -0.15) is 5.10 Å². The van der Waals surface area contributed by atoms with E-state index in [0.29, 0.717) is 16.7 Å². The van der Waals surface area contributed by atoms with Crippen LogP contribution in [0.3, 0.4) is 0 Å². The number of hydrogen-bond acceptors (Lipinski definition) is 4. The van der Waals surface area contributed by atoms with Crippen LogP contribution in [0, 0.1) is 12.7 Å². The Balaban J connectivity index is 1.76. The molecule has 1 amide bonds. The minimum atomic E-state index is -0.495. The van der Waals surface area contributed by atoms with E-state index in [9.17, 15) is 14.0 Å². The Bertz CT molecular complexity index is 1190. The molecule has 8 heteroatoms. The molecule has 3 heterocycles. The molecule has 0 radical (unpaired) electrons. The number of carbonyl (C=O) groups excluding carboxylic acids is 1. The molecule has 124 valence electrons. The van der Waals surface area contributed by atoms with Crippen molar-refractivity contribution in [2.75, 3.05) is 5.32 Å². The molecular formula is C17H12FN5O2. The van der Waals surface area contributed by atoms with Gasteiger partial charge in [-0.25, -0.2) is 9.37 Å². The van der Waals surface area contributed by atoms with E-state index in [1.54, 1.807) is 6.07 Å². The lowest BCUT2D eigenvalue weighted by Gasteiger charge is -2.08. The minimum absolute atomic E-state index is 0.155. The van der Waals surface area contributed by atoms with Crippen molar-refractivity contribution in [3.8, 4) is 0 Å². The Hall–Kier alpha value is -3.55. The molecule has 0 aliphatic heterocycles. The molecule has 0 aliphatic carbocycles. The van der Waals surface area contributed by atoms with Crippen molar-refractivity contribution < 1.29 is 9.18 Å². The summed E-state index contributed by atoms with van der Waals surface area (Å²) in [6.45, 7) is 1.85. The van der Waals surface area contributed by atoms with Gasteiger partial charge in [-0.15, -0.1) is 0 Å². The summed E-state index contributed by atoms with van der Waals surface area (Å²) in [5, 5.41) is 10.8. The summed E-state index contributed by atoms with van der Waals surface area (Å²) in [5.41, 5.74) is 1.78. The first kappa shape index (κ1) is 15.0. The van der Waals surface area contributed by atoms with E-state index in [1.165, 1.54) is 30.5 Å². The highest BCUT2D eigenvalue weighted by atomic mass is 19.1. The Morgan fingerprint density at radius 3 is 2.88 bits per heavy atom. The largest absolute Gasteiger partial charge is 0.322 e. The number of halogens is 1. The number of amides is 1. The number of anilines is 1. The predicted octanol–water partition coefficient (Wildman–Crippen LogP) is 2.50. The molecule has 0 fully saturated rings. The molecule has 0 bridgehead atoms. The molecule has 0 aliphatic rings. The van der Waals surface area contributed by atoms with E-state index in [4.69, 9.17) is 0 Å². The summed E-state index contributed by atoms with van der Waals surface area (Å²) in [7, 11) is 0. The lowest BCUT2D eigenvalue weighted by atomic mass is 10.1. The summed E-state index contributed by atoms with van der Waals surface area (Å²) in [4.78, 5) is 31.1. The first-order chi connectivity index (χ1) is 12.0. The maximum atomic E-state index is 13.4. The van der Waals surface area contributed by atoms with Crippen LogP contribution in [-0.4, -0.2) is 26.1 Å². The third-order valence-corrected chi connectivity index (χ3v) is 3.91. The summed E-state index contributed by atoms with van der Waals surface area (Å²) >= 11 is 0. The maximum Gasteiger partial charge on any atom is 0.256 e.